The highest BCUT2D eigenvalue weighted by Gasteiger charge is 2.53. The summed E-state index contributed by atoms with van der Waals surface area (Å²) in [4.78, 5) is 0. The molecule has 0 heterocycles. The number of benzene rings is 2. The Morgan fingerprint density at radius 2 is 1.33 bits per heavy atom. The lowest BCUT2D eigenvalue weighted by atomic mass is 9.57. The van der Waals surface area contributed by atoms with Gasteiger partial charge in [0.1, 0.15) is 4.49 Å². The first kappa shape index (κ1) is 13.9. The van der Waals surface area contributed by atoms with Gasteiger partial charge in [0, 0.05) is 11.8 Å². The van der Waals surface area contributed by atoms with Gasteiger partial charge in [0.25, 0.3) is 0 Å². The SMILES string of the molecule is C[C@@]1(Br)C(=C(Cl)Cl)C2c3ccccc3C1c1ccccc12. The fourth-order valence-corrected chi connectivity index (χ4v) is 5.79. The molecule has 3 aliphatic carbocycles. The molecule has 21 heavy (non-hydrogen) atoms. The van der Waals surface area contributed by atoms with Crippen molar-refractivity contribution < 1.29 is 0 Å². The fourth-order valence-electron chi connectivity index (χ4n) is 4.04. The first-order valence-electron chi connectivity index (χ1n) is 6.95. The minimum absolute atomic E-state index is 0.136. The maximum absolute atomic E-state index is 6.28. The van der Waals surface area contributed by atoms with Gasteiger partial charge < -0.3 is 0 Å². The van der Waals surface area contributed by atoms with Gasteiger partial charge in [0.15, 0.2) is 0 Å². The van der Waals surface area contributed by atoms with Crippen LogP contribution in [0.3, 0.4) is 0 Å². The van der Waals surface area contributed by atoms with Crippen LogP contribution in [0, 0.1) is 0 Å². The molecule has 0 unspecified atom stereocenters. The van der Waals surface area contributed by atoms with Gasteiger partial charge in [-0.3, -0.25) is 0 Å². The van der Waals surface area contributed by atoms with Crippen LogP contribution in [-0.2, 0) is 0 Å². The molecular formula is C18H13BrCl2. The summed E-state index contributed by atoms with van der Waals surface area (Å²) in [6, 6.07) is 17.2. The molecule has 2 aromatic rings. The van der Waals surface area contributed by atoms with Crippen molar-refractivity contribution in [2.45, 2.75) is 23.1 Å². The second-order valence-corrected chi connectivity index (χ2v) is 8.47. The minimum Gasteiger partial charge on any atom is -0.0796 e. The highest BCUT2D eigenvalue weighted by Crippen LogP contribution is 2.63. The number of allylic oxidation sites excluding steroid dienone is 1. The van der Waals surface area contributed by atoms with E-state index in [0.717, 1.165) is 5.57 Å². The van der Waals surface area contributed by atoms with Crippen molar-refractivity contribution in [1.82, 2.24) is 0 Å². The third-order valence-electron chi connectivity index (χ3n) is 4.80. The topological polar surface area (TPSA) is 0 Å². The summed E-state index contributed by atoms with van der Waals surface area (Å²) in [7, 11) is 0. The lowest BCUT2D eigenvalue weighted by Gasteiger charge is -2.51. The summed E-state index contributed by atoms with van der Waals surface area (Å²) in [5, 5.41) is 0. The van der Waals surface area contributed by atoms with Gasteiger partial charge in [-0.25, -0.2) is 0 Å². The summed E-state index contributed by atoms with van der Waals surface area (Å²) in [6.07, 6.45) is 0. The Morgan fingerprint density at radius 3 is 1.76 bits per heavy atom. The summed E-state index contributed by atoms with van der Waals surface area (Å²) in [6.45, 7) is 2.18. The molecule has 3 aliphatic rings. The van der Waals surface area contributed by atoms with Crippen LogP contribution in [0.25, 0.3) is 0 Å². The van der Waals surface area contributed by atoms with Gasteiger partial charge in [0.2, 0.25) is 0 Å². The Labute approximate surface area is 142 Å². The zero-order valence-corrected chi connectivity index (χ0v) is 14.5. The summed E-state index contributed by atoms with van der Waals surface area (Å²) >= 11 is 16.5. The van der Waals surface area contributed by atoms with E-state index in [4.69, 9.17) is 23.2 Å². The molecule has 0 amide bonds. The Bertz CT molecular complexity index is 725. The molecule has 5 rings (SSSR count). The van der Waals surface area contributed by atoms with Crippen molar-refractivity contribution in [3.8, 4) is 0 Å². The van der Waals surface area contributed by atoms with Gasteiger partial charge in [0.05, 0.1) is 4.32 Å². The van der Waals surface area contributed by atoms with Crippen molar-refractivity contribution in [2.24, 2.45) is 0 Å². The number of hydrogen-bond donors (Lipinski definition) is 0. The second kappa shape index (κ2) is 4.62. The van der Waals surface area contributed by atoms with Crippen LogP contribution >= 0.6 is 39.1 Å². The number of rotatable bonds is 0. The molecule has 106 valence electrons. The molecule has 0 aromatic heterocycles. The number of hydrogen-bond acceptors (Lipinski definition) is 0. The van der Waals surface area contributed by atoms with Crippen molar-refractivity contribution >= 4 is 39.1 Å². The smallest absolute Gasteiger partial charge is 0.0796 e. The molecule has 2 bridgehead atoms. The highest BCUT2D eigenvalue weighted by molar-refractivity contribution is 9.10. The fraction of sp³-hybridized carbons (Fsp3) is 0.222. The molecule has 0 saturated heterocycles. The Kier molecular flexibility index (Phi) is 3.05. The largest absolute Gasteiger partial charge is 0.108 e. The van der Waals surface area contributed by atoms with Crippen molar-refractivity contribution in [1.29, 1.82) is 0 Å². The number of fused-ring (bicyclic) bond motifs is 1. The van der Waals surface area contributed by atoms with Crippen LogP contribution in [0.1, 0.15) is 41.0 Å². The normalized spacial score (nSPS) is 29.0. The Balaban J connectivity index is 2.15. The third-order valence-corrected chi connectivity index (χ3v) is 6.09. The summed E-state index contributed by atoms with van der Waals surface area (Å²) < 4.78 is 0.132. The molecule has 3 heteroatoms. The van der Waals surface area contributed by atoms with Crippen molar-refractivity contribution in [3.05, 3.63) is 80.8 Å². The standard InChI is InChI=1S/C18H13BrCl2/c1-18(19)15-12-8-4-2-6-10(12)14(16(18)17(20)21)11-7-3-5-9-13(11)15/h2-9,14-15H,1H3/t14?,15?,18-/m0/s1. The molecular weight excluding hydrogens is 367 g/mol. The van der Waals surface area contributed by atoms with Crippen LogP contribution in [0.15, 0.2) is 58.6 Å². The molecule has 0 spiro atoms. The van der Waals surface area contributed by atoms with E-state index in [9.17, 15) is 0 Å². The van der Waals surface area contributed by atoms with Crippen LogP contribution in [0.2, 0.25) is 0 Å². The highest BCUT2D eigenvalue weighted by atomic mass is 79.9. The number of halogens is 3. The quantitative estimate of drug-likeness (QED) is 0.483. The molecule has 0 aliphatic heterocycles. The predicted molar refractivity (Wildman–Crippen MR) is 92.6 cm³/mol. The molecule has 0 radical (unpaired) electrons. The lowest BCUT2D eigenvalue weighted by molar-refractivity contribution is 0.542. The first-order chi connectivity index (χ1) is 10.0. The summed E-state index contributed by atoms with van der Waals surface area (Å²) in [5.41, 5.74) is 6.48. The van der Waals surface area contributed by atoms with Crippen molar-refractivity contribution in [2.75, 3.05) is 0 Å². The average molecular weight is 380 g/mol. The zero-order valence-electron chi connectivity index (χ0n) is 11.4. The molecule has 0 nitrogen and oxygen atoms in total. The Morgan fingerprint density at radius 1 is 0.905 bits per heavy atom. The van der Waals surface area contributed by atoms with E-state index >= 15 is 0 Å². The van der Waals surface area contributed by atoms with Gasteiger partial charge in [-0.05, 0) is 34.8 Å². The molecule has 0 fully saturated rings. The van der Waals surface area contributed by atoms with Crippen LogP contribution in [-0.4, -0.2) is 4.32 Å². The van der Waals surface area contributed by atoms with Gasteiger partial charge >= 0.3 is 0 Å². The van der Waals surface area contributed by atoms with Gasteiger partial charge in [-0.15, -0.1) is 0 Å². The maximum atomic E-state index is 6.28. The summed E-state index contributed by atoms with van der Waals surface area (Å²) in [5.74, 6) is 0.370. The Hall–Kier alpha value is -0.760. The van der Waals surface area contributed by atoms with E-state index in [1.807, 2.05) is 0 Å². The van der Waals surface area contributed by atoms with E-state index < -0.39 is 0 Å². The predicted octanol–water partition coefficient (Wildman–Crippen LogP) is 6.12. The van der Waals surface area contributed by atoms with Crippen LogP contribution in [0.4, 0.5) is 0 Å². The molecule has 0 saturated carbocycles. The van der Waals surface area contributed by atoms with Crippen LogP contribution in [0.5, 0.6) is 0 Å². The maximum Gasteiger partial charge on any atom is 0.108 e. The van der Waals surface area contributed by atoms with E-state index in [0.29, 0.717) is 4.49 Å². The molecule has 1 atom stereocenters. The van der Waals surface area contributed by atoms with E-state index in [1.54, 1.807) is 0 Å². The van der Waals surface area contributed by atoms with Gasteiger partial charge in [-0.1, -0.05) is 87.7 Å². The van der Waals surface area contributed by atoms with E-state index in [-0.39, 0.29) is 16.2 Å². The van der Waals surface area contributed by atoms with Crippen molar-refractivity contribution in [3.63, 3.8) is 0 Å². The monoisotopic (exact) mass is 378 g/mol. The van der Waals surface area contributed by atoms with Crippen LogP contribution < -0.4 is 0 Å². The lowest BCUT2D eigenvalue weighted by Crippen LogP contribution is -2.43. The second-order valence-electron chi connectivity index (χ2n) is 5.87. The average Bonchev–Trinajstić information content (AvgIpc) is 2.45. The molecule has 2 aromatic carbocycles. The third kappa shape index (κ3) is 1.75. The minimum atomic E-state index is -0.251. The van der Waals surface area contributed by atoms with E-state index in [2.05, 4.69) is 71.4 Å². The van der Waals surface area contributed by atoms with Gasteiger partial charge in [-0.2, -0.15) is 0 Å². The first-order valence-corrected chi connectivity index (χ1v) is 8.50. The van der Waals surface area contributed by atoms with E-state index in [1.165, 1.54) is 22.3 Å². The number of alkyl halides is 1. The zero-order chi connectivity index (χ0) is 14.8. The molecule has 0 N–H and O–H groups in total.